The molecule has 0 radical (unpaired) electrons. The van der Waals surface area contributed by atoms with Crippen molar-refractivity contribution in [2.24, 2.45) is 0 Å². The lowest BCUT2D eigenvalue weighted by Gasteiger charge is -2.22. The monoisotopic (exact) mass is 238 g/mol. The van der Waals surface area contributed by atoms with Crippen molar-refractivity contribution in [1.82, 2.24) is 0 Å². The van der Waals surface area contributed by atoms with E-state index in [1.54, 1.807) is 0 Å². The van der Waals surface area contributed by atoms with Crippen LogP contribution in [0.1, 0.15) is 29.6 Å². The molecule has 0 aromatic heterocycles. The minimum absolute atomic E-state index is 0.193. The van der Waals surface area contributed by atoms with Gasteiger partial charge in [0.1, 0.15) is 17.7 Å². The topological polar surface area (TPSA) is 35.5 Å². The predicted molar refractivity (Wildman–Crippen MR) is 60.9 cm³/mol. The van der Waals surface area contributed by atoms with E-state index in [1.165, 1.54) is 25.3 Å². The van der Waals surface area contributed by atoms with Gasteiger partial charge in [-0.15, -0.1) is 0 Å². The highest BCUT2D eigenvalue weighted by atomic mass is 19.1. The molecule has 0 N–H and O–H groups in total. The number of hydrogen-bond donors (Lipinski definition) is 0. The average Bonchev–Trinajstić information content (AvgIpc) is 2.39. The fourth-order valence-corrected chi connectivity index (χ4v) is 1.99. The van der Waals surface area contributed by atoms with Crippen LogP contribution in [0.2, 0.25) is 0 Å². The Balaban J connectivity index is 2.25. The summed E-state index contributed by atoms with van der Waals surface area (Å²) in [6.07, 6.45) is 2.18. The van der Waals surface area contributed by atoms with Crippen LogP contribution in [0.3, 0.4) is 0 Å². The molecule has 1 heterocycles. The second-order valence-corrected chi connectivity index (χ2v) is 4.06. The van der Waals surface area contributed by atoms with Gasteiger partial charge in [-0.25, -0.2) is 4.39 Å². The molecule has 3 nitrogen and oxygen atoms in total. The van der Waals surface area contributed by atoms with Crippen molar-refractivity contribution in [2.75, 3.05) is 13.7 Å². The first-order valence-electron chi connectivity index (χ1n) is 5.71. The Kier molecular flexibility index (Phi) is 3.74. The van der Waals surface area contributed by atoms with E-state index in [4.69, 9.17) is 9.47 Å². The number of halogens is 1. The van der Waals surface area contributed by atoms with E-state index in [-0.39, 0.29) is 11.3 Å². The van der Waals surface area contributed by atoms with Crippen molar-refractivity contribution in [3.63, 3.8) is 0 Å². The van der Waals surface area contributed by atoms with E-state index >= 15 is 0 Å². The van der Waals surface area contributed by atoms with Crippen LogP contribution >= 0.6 is 0 Å². The highest BCUT2D eigenvalue weighted by molar-refractivity contribution is 6.01. The minimum Gasteiger partial charge on any atom is -0.496 e. The summed E-state index contributed by atoms with van der Waals surface area (Å²) >= 11 is 0. The molecule has 92 valence electrons. The largest absolute Gasteiger partial charge is 0.496 e. The standard InChI is InChI=1S/C13H15FO3/c1-16-11-6-5-9(14)8-10(11)13(15)12-4-2-3-7-17-12/h5-6,8,12H,2-4,7H2,1H3. The zero-order valence-corrected chi connectivity index (χ0v) is 9.74. The van der Waals surface area contributed by atoms with Crippen LogP contribution < -0.4 is 4.74 Å². The molecule has 4 heteroatoms. The van der Waals surface area contributed by atoms with Crippen molar-refractivity contribution >= 4 is 5.78 Å². The lowest BCUT2D eigenvalue weighted by molar-refractivity contribution is 0.0184. The summed E-state index contributed by atoms with van der Waals surface area (Å²) in [6.45, 7) is 0.591. The Morgan fingerprint density at radius 3 is 2.94 bits per heavy atom. The van der Waals surface area contributed by atoms with Crippen LogP contribution in [-0.4, -0.2) is 25.6 Å². The van der Waals surface area contributed by atoms with Gasteiger partial charge in [0.25, 0.3) is 0 Å². The number of carbonyl (C=O) groups excluding carboxylic acids is 1. The number of carbonyl (C=O) groups is 1. The first-order valence-corrected chi connectivity index (χ1v) is 5.71. The number of hydrogen-bond acceptors (Lipinski definition) is 3. The maximum Gasteiger partial charge on any atom is 0.195 e. The summed E-state index contributed by atoms with van der Waals surface area (Å²) in [5.41, 5.74) is 0.263. The maximum atomic E-state index is 13.2. The van der Waals surface area contributed by atoms with Crippen LogP contribution in [0.25, 0.3) is 0 Å². The van der Waals surface area contributed by atoms with E-state index in [2.05, 4.69) is 0 Å². The Labute approximate surface area is 99.5 Å². The van der Waals surface area contributed by atoms with Crippen LogP contribution in [-0.2, 0) is 4.74 Å². The molecule has 1 unspecified atom stereocenters. The first-order chi connectivity index (χ1) is 8.22. The van der Waals surface area contributed by atoms with Crippen LogP contribution in [0, 0.1) is 5.82 Å². The van der Waals surface area contributed by atoms with E-state index < -0.39 is 11.9 Å². The van der Waals surface area contributed by atoms with Gasteiger partial charge in [0.2, 0.25) is 0 Å². The Hall–Kier alpha value is -1.42. The molecule has 1 aromatic carbocycles. The second kappa shape index (κ2) is 5.27. The zero-order chi connectivity index (χ0) is 12.3. The summed E-state index contributed by atoms with van der Waals surface area (Å²) in [7, 11) is 1.46. The number of ketones is 1. The third-order valence-electron chi connectivity index (χ3n) is 2.90. The fraction of sp³-hybridized carbons (Fsp3) is 0.462. The van der Waals surface area contributed by atoms with Gasteiger partial charge in [-0.3, -0.25) is 4.79 Å². The molecule has 0 spiro atoms. The molecule has 17 heavy (non-hydrogen) atoms. The third-order valence-corrected chi connectivity index (χ3v) is 2.90. The molecular formula is C13H15FO3. The SMILES string of the molecule is COc1ccc(F)cc1C(=O)C1CCCCO1. The fourth-order valence-electron chi connectivity index (χ4n) is 1.99. The maximum absolute atomic E-state index is 13.2. The molecular weight excluding hydrogens is 223 g/mol. The van der Waals surface area contributed by atoms with Gasteiger partial charge in [0.05, 0.1) is 12.7 Å². The summed E-state index contributed by atoms with van der Waals surface area (Å²) < 4.78 is 23.6. The molecule has 0 aliphatic carbocycles. The van der Waals surface area contributed by atoms with E-state index in [0.717, 1.165) is 12.8 Å². The Morgan fingerprint density at radius 1 is 1.47 bits per heavy atom. The third kappa shape index (κ3) is 2.64. The number of benzene rings is 1. The van der Waals surface area contributed by atoms with Crippen LogP contribution in [0.4, 0.5) is 4.39 Å². The zero-order valence-electron chi connectivity index (χ0n) is 9.74. The molecule has 1 aliphatic rings. The van der Waals surface area contributed by atoms with Crippen molar-refractivity contribution in [3.8, 4) is 5.75 Å². The highest BCUT2D eigenvalue weighted by Crippen LogP contribution is 2.24. The normalized spacial score (nSPS) is 20.0. The lowest BCUT2D eigenvalue weighted by Crippen LogP contribution is -2.28. The Morgan fingerprint density at radius 2 is 2.29 bits per heavy atom. The van der Waals surface area contributed by atoms with Gasteiger partial charge in [0.15, 0.2) is 5.78 Å². The quantitative estimate of drug-likeness (QED) is 0.759. The molecule has 1 aliphatic heterocycles. The Bertz CT molecular complexity index is 411. The molecule has 0 bridgehead atoms. The van der Waals surface area contributed by atoms with Gasteiger partial charge in [-0.05, 0) is 37.5 Å². The van der Waals surface area contributed by atoms with Crippen molar-refractivity contribution in [2.45, 2.75) is 25.4 Å². The van der Waals surface area contributed by atoms with Gasteiger partial charge < -0.3 is 9.47 Å². The van der Waals surface area contributed by atoms with Gasteiger partial charge >= 0.3 is 0 Å². The van der Waals surface area contributed by atoms with Crippen LogP contribution in [0.15, 0.2) is 18.2 Å². The van der Waals surface area contributed by atoms with E-state index in [0.29, 0.717) is 18.8 Å². The number of ether oxygens (including phenoxy) is 2. The summed E-state index contributed by atoms with van der Waals surface area (Å²) in [4.78, 5) is 12.2. The number of Topliss-reactive ketones (excluding diaryl/α,β-unsaturated/α-hetero) is 1. The summed E-state index contributed by atoms with van der Waals surface area (Å²) in [6, 6.07) is 3.95. The lowest BCUT2D eigenvalue weighted by atomic mass is 9.99. The highest BCUT2D eigenvalue weighted by Gasteiger charge is 2.25. The molecule has 0 amide bonds. The number of methoxy groups -OCH3 is 1. The first kappa shape index (κ1) is 12.0. The minimum atomic E-state index is -0.459. The molecule has 1 aromatic rings. The number of rotatable bonds is 3. The van der Waals surface area contributed by atoms with Gasteiger partial charge in [-0.1, -0.05) is 0 Å². The van der Waals surface area contributed by atoms with Crippen molar-refractivity contribution < 1.29 is 18.7 Å². The van der Waals surface area contributed by atoms with E-state index in [9.17, 15) is 9.18 Å². The molecule has 0 saturated carbocycles. The average molecular weight is 238 g/mol. The smallest absolute Gasteiger partial charge is 0.195 e. The van der Waals surface area contributed by atoms with Crippen molar-refractivity contribution in [3.05, 3.63) is 29.6 Å². The van der Waals surface area contributed by atoms with Gasteiger partial charge in [0, 0.05) is 6.61 Å². The van der Waals surface area contributed by atoms with Crippen molar-refractivity contribution in [1.29, 1.82) is 0 Å². The molecule has 1 saturated heterocycles. The van der Waals surface area contributed by atoms with Crippen LogP contribution in [0.5, 0.6) is 5.75 Å². The predicted octanol–water partition coefficient (Wildman–Crippen LogP) is 2.59. The summed E-state index contributed by atoms with van der Waals surface area (Å²) in [5, 5.41) is 0. The molecule has 2 rings (SSSR count). The summed E-state index contributed by atoms with van der Waals surface area (Å²) in [5.74, 6) is -0.239. The molecule has 1 atom stereocenters. The van der Waals surface area contributed by atoms with Gasteiger partial charge in [-0.2, -0.15) is 0 Å². The molecule has 1 fully saturated rings. The van der Waals surface area contributed by atoms with E-state index in [1.807, 2.05) is 0 Å². The second-order valence-electron chi connectivity index (χ2n) is 4.06.